The van der Waals surface area contributed by atoms with Crippen molar-refractivity contribution in [3.63, 3.8) is 0 Å². The van der Waals surface area contributed by atoms with Crippen molar-refractivity contribution in [3.05, 3.63) is 36.4 Å². The molecule has 6 rings (SSSR count). The molecular formula is C41H53F4N5O10S. The van der Waals surface area contributed by atoms with E-state index in [1.54, 1.807) is 37.3 Å². The van der Waals surface area contributed by atoms with Crippen LogP contribution >= 0.6 is 0 Å². The normalized spacial score (nSPS) is 28.5. The molecule has 1 aromatic heterocycles. The van der Waals surface area contributed by atoms with Crippen LogP contribution in [-0.4, -0.2) is 110 Å². The number of hydrogen-bond acceptors (Lipinski definition) is 11. The molecule has 3 N–H and O–H groups in total. The van der Waals surface area contributed by atoms with Gasteiger partial charge in [0.25, 0.3) is 5.91 Å². The van der Waals surface area contributed by atoms with Crippen LogP contribution in [0.15, 0.2) is 36.4 Å². The van der Waals surface area contributed by atoms with Crippen molar-refractivity contribution in [2.75, 3.05) is 27.4 Å². The third-order valence-corrected chi connectivity index (χ3v) is 14.5. The first-order chi connectivity index (χ1) is 28.6. The van der Waals surface area contributed by atoms with Gasteiger partial charge < -0.3 is 34.5 Å². The van der Waals surface area contributed by atoms with Gasteiger partial charge >= 0.3 is 12.3 Å². The van der Waals surface area contributed by atoms with Crippen LogP contribution in [0.25, 0.3) is 10.8 Å². The molecule has 0 spiro atoms. The number of nitrogens with zero attached hydrogens (tertiary/aromatic N) is 2. The van der Waals surface area contributed by atoms with E-state index < -0.39 is 92.6 Å². The first-order valence-electron chi connectivity index (χ1n) is 20.3. The number of methoxy groups -OCH3 is 2. The number of benzene rings is 1. The van der Waals surface area contributed by atoms with E-state index in [1.165, 1.54) is 14.2 Å². The van der Waals surface area contributed by atoms with E-state index in [0.717, 1.165) is 4.90 Å². The topological polar surface area (TPSA) is 192 Å². The van der Waals surface area contributed by atoms with E-state index in [2.05, 4.69) is 15.6 Å². The van der Waals surface area contributed by atoms with Gasteiger partial charge in [-0.1, -0.05) is 32.4 Å². The average Bonchev–Trinajstić information content (AvgIpc) is 4.11. The van der Waals surface area contributed by atoms with Crippen molar-refractivity contribution >= 4 is 44.6 Å². The van der Waals surface area contributed by atoms with Gasteiger partial charge in [0.05, 0.1) is 20.8 Å². The predicted octanol–water partition coefficient (Wildman–Crippen LogP) is 5.26. The Labute approximate surface area is 351 Å². The summed E-state index contributed by atoms with van der Waals surface area (Å²) >= 11 is 0. The highest BCUT2D eigenvalue weighted by molar-refractivity contribution is 7.91. The highest BCUT2D eigenvalue weighted by Crippen LogP contribution is 2.48. The minimum absolute atomic E-state index is 0.00146. The lowest BCUT2D eigenvalue weighted by Gasteiger charge is -2.35. The van der Waals surface area contributed by atoms with Gasteiger partial charge in [-0.25, -0.2) is 17.6 Å². The number of hydrogen-bond donors (Lipinski definition) is 3. The van der Waals surface area contributed by atoms with Gasteiger partial charge in [0.15, 0.2) is 0 Å². The van der Waals surface area contributed by atoms with E-state index in [4.69, 9.17) is 18.9 Å². The molecule has 0 radical (unpaired) electrons. The van der Waals surface area contributed by atoms with Crippen LogP contribution in [0.4, 0.5) is 22.4 Å². The van der Waals surface area contributed by atoms with Crippen molar-refractivity contribution in [3.8, 4) is 17.5 Å². The van der Waals surface area contributed by atoms with Crippen LogP contribution in [0.5, 0.6) is 17.5 Å². The summed E-state index contributed by atoms with van der Waals surface area (Å²) in [6, 6.07) is 3.89. The molecule has 1 saturated heterocycles. The number of carbonyl (C=O) groups is 4. The van der Waals surface area contributed by atoms with E-state index in [1.807, 2.05) is 17.7 Å². The fourth-order valence-corrected chi connectivity index (χ4v) is 9.50. The van der Waals surface area contributed by atoms with Crippen LogP contribution in [0.2, 0.25) is 0 Å². The van der Waals surface area contributed by atoms with Gasteiger partial charge in [-0.2, -0.15) is 18.2 Å². The fraction of sp³-hybridized carbons (Fsp3) is 0.634. The van der Waals surface area contributed by atoms with Crippen LogP contribution in [0.3, 0.4) is 0 Å². The summed E-state index contributed by atoms with van der Waals surface area (Å²) in [5.41, 5.74) is -4.70. The lowest BCUT2D eigenvalue weighted by atomic mass is 9.85. The second-order valence-electron chi connectivity index (χ2n) is 17.1. The summed E-state index contributed by atoms with van der Waals surface area (Å²) < 4.78 is 104. The number of pyridine rings is 1. The van der Waals surface area contributed by atoms with Crippen molar-refractivity contribution in [1.82, 2.24) is 25.2 Å². The zero-order valence-corrected chi connectivity index (χ0v) is 35.7. The average molecular weight is 884 g/mol. The summed E-state index contributed by atoms with van der Waals surface area (Å²) in [5, 5.41) is 6.29. The van der Waals surface area contributed by atoms with Gasteiger partial charge in [-0.3, -0.25) is 19.1 Å². The molecule has 4 amide bonds. The van der Waals surface area contributed by atoms with Gasteiger partial charge in [0.1, 0.15) is 40.9 Å². The number of sulfonamides is 1. The maximum Gasteiger partial charge on any atom is 0.427 e. The molecular weight excluding hydrogens is 831 g/mol. The summed E-state index contributed by atoms with van der Waals surface area (Å²) in [4.78, 5) is 62.4. The van der Waals surface area contributed by atoms with Crippen molar-refractivity contribution in [2.24, 2.45) is 17.8 Å². The number of amides is 4. The Morgan fingerprint density at radius 1 is 1.08 bits per heavy atom. The molecule has 7 atom stereocenters. The van der Waals surface area contributed by atoms with E-state index in [0.29, 0.717) is 56.1 Å². The number of fused-ring (bicyclic) bond motifs is 3. The van der Waals surface area contributed by atoms with Crippen molar-refractivity contribution in [2.45, 2.75) is 119 Å². The lowest BCUT2D eigenvalue weighted by Crippen LogP contribution is -2.60. The second kappa shape index (κ2) is 17.1. The molecule has 61 heavy (non-hydrogen) atoms. The molecule has 0 unspecified atom stereocenters. The SMILES string of the molecule is CC[C@@H]1C[C@H](C)CC/C=C\[C@@H]2C[C@@]2(C(=O)NS(=O)(=O)C2(CF)CC2)NC(=O)[C@@H]2C[C@@H](Oc3nc(OC)cc4cc(OC)ccc34)CN2C(=O)[C@H]1NC(=O)OC(C)(C)C(F)(F)F. The second-order valence-corrected chi connectivity index (χ2v) is 19.2. The highest BCUT2D eigenvalue weighted by Gasteiger charge is 2.64. The summed E-state index contributed by atoms with van der Waals surface area (Å²) in [7, 11) is -1.57. The highest BCUT2D eigenvalue weighted by atomic mass is 32.2. The maximum atomic E-state index is 15.0. The molecule has 15 nitrogen and oxygen atoms in total. The number of ether oxygens (including phenoxy) is 4. The Balaban J connectivity index is 1.39. The molecule has 2 aromatic rings. The number of carbonyl (C=O) groups excluding carboxylic acids is 4. The van der Waals surface area contributed by atoms with Gasteiger partial charge in [-0.15, -0.1) is 0 Å². The summed E-state index contributed by atoms with van der Waals surface area (Å²) in [6.45, 7) is 3.57. The molecule has 20 heteroatoms. The first kappa shape index (κ1) is 45.6. The number of aromatic nitrogens is 1. The van der Waals surface area contributed by atoms with Crippen LogP contribution in [-0.2, 0) is 29.1 Å². The van der Waals surface area contributed by atoms with Crippen molar-refractivity contribution < 1.29 is 64.1 Å². The number of rotatable bonds is 11. The monoisotopic (exact) mass is 883 g/mol. The molecule has 4 aliphatic rings. The minimum atomic E-state index is -4.94. The summed E-state index contributed by atoms with van der Waals surface area (Å²) in [6.07, 6.45) is -2.31. The zero-order chi connectivity index (χ0) is 44.7. The summed E-state index contributed by atoms with van der Waals surface area (Å²) in [5.74, 6) is -3.31. The lowest BCUT2D eigenvalue weighted by molar-refractivity contribution is -0.244. The Morgan fingerprint density at radius 3 is 2.43 bits per heavy atom. The Hall–Kier alpha value is -4.88. The largest absolute Gasteiger partial charge is 0.497 e. The third-order valence-electron chi connectivity index (χ3n) is 12.4. The maximum absolute atomic E-state index is 15.0. The molecule has 3 fully saturated rings. The number of halogens is 4. The molecule has 2 aliphatic carbocycles. The molecule has 2 saturated carbocycles. The smallest absolute Gasteiger partial charge is 0.427 e. The standard InChI is InChI=1S/C41H53F4N5O10S/c1-7-24-16-23(2)10-8-9-11-26-20-40(26,36(53)49-61(55,56)39(22-42)14-15-39)48-33(51)30-19-28(59-34-29-13-12-27(57-5)17-25(29)18-31(46-34)58-6)21-50(30)35(52)32(24)47-37(54)60-38(3,4)41(43,44)45/h9,11-13,17-18,23-24,26,28,30,32H,7-8,10,14-16,19-22H2,1-6H3,(H,47,54)(H,48,51)(H,49,53)/b11-9-/t23-,24-,26-,28-,30+,32+,40-/m1/s1. The minimum Gasteiger partial charge on any atom is -0.497 e. The number of alkyl carbamates (subject to hydrolysis) is 1. The molecule has 3 heterocycles. The fourth-order valence-electron chi connectivity index (χ4n) is 8.08. The van der Waals surface area contributed by atoms with Crippen LogP contribution in [0.1, 0.15) is 79.1 Å². The van der Waals surface area contributed by atoms with Crippen LogP contribution in [0, 0.1) is 17.8 Å². The Kier molecular flexibility index (Phi) is 12.8. The molecule has 2 aliphatic heterocycles. The van der Waals surface area contributed by atoms with E-state index in [-0.39, 0.29) is 49.9 Å². The molecule has 0 bridgehead atoms. The Bertz CT molecular complexity index is 2160. The predicted molar refractivity (Wildman–Crippen MR) is 213 cm³/mol. The quantitative estimate of drug-likeness (QED) is 0.197. The Morgan fingerprint density at radius 2 is 1.80 bits per heavy atom. The molecule has 336 valence electrons. The van der Waals surface area contributed by atoms with Gasteiger partial charge in [0.2, 0.25) is 39.2 Å². The van der Waals surface area contributed by atoms with Gasteiger partial charge in [0, 0.05) is 23.8 Å². The molecule has 1 aromatic carbocycles. The van der Waals surface area contributed by atoms with Crippen molar-refractivity contribution in [1.29, 1.82) is 0 Å². The van der Waals surface area contributed by atoms with E-state index in [9.17, 15) is 45.2 Å². The number of nitrogens with one attached hydrogen (secondary N) is 3. The van der Waals surface area contributed by atoms with Gasteiger partial charge in [-0.05, 0) is 87.8 Å². The third kappa shape index (κ3) is 9.33. The zero-order valence-electron chi connectivity index (χ0n) is 34.9. The number of allylic oxidation sites excluding steroid dienone is 1. The van der Waals surface area contributed by atoms with E-state index >= 15 is 0 Å². The number of alkyl halides is 4. The van der Waals surface area contributed by atoms with Crippen LogP contribution < -0.4 is 29.6 Å². The first-order valence-corrected chi connectivity index (χ1v) is 21.8.